The molecule has 1 aliphatic rings. The van der Waals surface area contributed by atoms with Gasteiger partial charge >= 0.3 is 0 Å². The molecule has 1 N–H and O–H groups in total. The first kappa shape index (κ1) is 11.0. The number of benzene rings is 1. The van der Waals surface area contributed by atoms with Crippen LogP contribution in [0.1, 0.15) is 17.3 Å². The van der Waals surface area contributed by atoms with Crippen molar-refractivity contribution in [1.82, 2.24) is 0 Å². The van der Waals surface area contributed by atoms with Crippen LogP contribution in [-0.4, -0.2) is 23.1 Å². The van der Waals surface area contributed by atoms with Crippen molar-refractivity contribution in [3.05, 3.63) is 42.2 Å². The summed E-state index contributed by atoms with van der Waals surface area (Å²) in [6.07, 6.45) is 4.39. The second-order valence-corrected chi connectivity index (χ2v) is 4.34. The minimum atomic E-state index is -0.567. The molecule has 4 heteroatoms. The van der Waals surface area contributed by atoms with Crippen LogP contribution < -0.4 is 0 Å². The van der Waals surface area contributed by atoms with Gasteiger partial charge in [-0.25, -0.2) is 0 Å². The van der Waals surface area contributed by atoms with Gasteiger partial charge in [0, 0.05) is 5.39 Å². The van der Waals surface area contributed by atoms with E-state index in [-0.39, 0.29) is 17.6 Å². The molecule has 0 aliphatic carbocycles. The minimum absolute atomic E-state index is 0.0504. The molecule has 2 unspecified atom stereocenters. The molecule has 0 radical (unpaired) electrons. The molecule has 0 saturated heterocycles. The quantitative estimate of drug-likeness (QED) is 0.651. The van der Waals surface area contributed by atoms with Gasteiger partial charge in [0.1, 0.15) is 23.7 Å². The number of aromatic hydroxyl groups is 1. The molecule has 0 amide bonds. The van der Waals surface area contributed by atoms with E-state index < -0.39 is 6.10 Å². The number of hydrogen-bond acceptors (Lipinski definition) is 4. The SMILES string of the molecule is CC1C=CC(C(=O)c2coc3ccc(O)cc23)O1. The number of carbonyl (C=O) groups is 1. The van der Waals surface area contributed by atoms with Crippen LogP contribution in [0.25, 0.3) is 11.0 Å². The molecule has 2 atom stereocenters. The number of phenols is 1. The number of furan rings is 1. The molecule has 1 aliphatic heterocycles. The highest BCUT2D eigenvalue weighted by atomic mass is 16.5. The standard InChI is InChI=1S/C14H12O4/c1-8-2-4-13(18-8)14(16)11-7-17-12-5-3-9(15)6-10(11)12/h2-8,13,15H,1H3. The van der Waals surface area contributed by atoms with E-state index in [2.05, 4.69) is 0 Å². The van der Waals surface area contributed by atoms with Crippen molar-refractivity contribution in [2.75, 3.05) is 0 Å². The van der Waals surface area contributed by atoms with Crippen molar-refractivity contribution in [2.45, 2.75) is 19.1 Å². The van der Waals surface area contributed by atoms with Gasteiger partial charge in [0.2, 0.25) is 0 Å². The second-order valence-electron chi connectivity index (χ2n) is 4.34. The molecule has 0 saturated carbocycles. The predicted molar refractivity (Wildman–Crippen MR) is 65.7 cm³/mol. The lowest BCUT2D eigenvalue weighted by atomic mass is 10.1. The lowest BCUT2D eigenvalue weighted by molar-refractivity contribution is 0.0516. The average Bonchev–Trinajstić information content (AvgIpc) is 2.94. The van der Waals surface area contributed by atoms with E-state index in [9.17, 15) is 9.90 Å². The first-order valence-electron chi connectivity index (χ1n) is 5.73. The first-order chi connectivity index (χ1) is 8.65. The van der Waals surface area contributed by atoms with Crippen LogP contribution in [0.2, 0.25) is 0 Å². The molecule has 4 nitrogen and oxygen atoms in total. The second kappa shape index (κ2) is 3.99. The Morgan fingerprint density at radius 1 is 1.33 bits per heavy atom. The highest BCUT2D eigenvalue weighted by Crippen LogP contribution is 2.27. The summed E-state index contributed by atoms with van der Waals surface area (Å²) in [5.74, 6) is -0.0471. The zero-order valence-corrected chi connectivity index (χ0v) is 9.79. The number of hydrogen-bond donors (Lipinski definition) is 1. The number of fused-ring (bicyclic) bond motifs is 1. The Morgan fingerprint density at radius 3 is 2.89 bits per heavy atom. The third-order valence-corrected chi connectivity index (χ3v) is 3.00. The molecule has 3 rings (SSSR count). The molecule has 2 heterocycles. The summed E-state index contributed by atoms with van der Waals surface area (Å²) < 4.78 is 10.8. The average molecular weight is 244 g/mol. The predicted octanol–water partition coefficient (Wildman–Crippen LogP) is 2.66. The van der Waals surface area contributed by atoms with E-state index in [0.717, 1.165) is 0 Å². The molecule has 2 aromatic rings. The van der Waals surface area contributed by atoms with E-state index in [1.165, 1.54) is 18.4 Å². The lowest BCUT2D eigenvalue weighted by Crippen LogP contribution is -2.20. The molecule has 1 aromatic carbocycles. The fraction of sp³-hybridized carbons (Fsp3) is 0.214. The van der Waals surface area contributed by atoms with Crippen LogP contribution in [0.15, 0.2) is 41.0 Å². The minimum Gasteiger partial charge on any atom is -0.508 e. The summed E-state index contributed by atoms with van der Waals surface area (Å²) in [7, 11) is 0. The van der Waals surface area contributed by atoms with Crippen LogP contribution in [0.3, 0.4) is 0 Å². The van der Waals surface area contributed by atoms with Gasteiger partial charge in [0.05, 0.1) is 11.7 Å². The van der Waals surface area contributed by atoms with Gasteiger partial charge in [-0.2, -0.15) is 0 Å². The summed E-state index contributed by atoms with van der Waals surface area (Å²) in [4.78, 5) is 12.3. The maximum absolute atomic E-state index is 12.3. The fourth-order valence-corrected chi connectivity index (χ4v) is 2.09. The van der Waals surface area contributed by atoms with Crippen LogP contribution in [0.5, 0.6) is 5.75 Å². The van der Waals surface area contributed by atoms with Crippen molar-refractivity contribution in [2.24, 2.45) is 0 Å². The molecule has 0 spiro atoms. The summed E-state index contributed by atoms with van der Waals surface area (Å²) in [6.45, 7) is 1.88. The van der Waals surface area contributed by atoms with Gasteiger partial charge in [-0.1, -0.05) is 6.08 Å². The van der Waals surface area contributed by atoms with Gasteiger partial charge < -0.3 is 14.3 Å². The van der Waals surface area contributed by atoms with Gasteiger partial charge in [0.15, 0.2) is 5.78 Å². The van der Waals surface area contributed by atoms with Crippen molar-refractivity contribution in [1.29, 1.82) is 0 Å². The molecule has 1 aromatic heterocycles. The maximum Gasteiger partial charge on any atom is 0.199 e. The van der Waals surface area contributed by atoms with Crippen molar-refractivity contribution < 1.29 is 19.1 Å². The third-order valence-electron chi connectivity index (χ3n) is 3.00. The largest absolute Gasteiger partial charge is 0.508 e. The number of Topliss-reactive ketones (excluding diaryl/α,β-unsaturated/α-hetero) is 1. The third kappa shape index (κ3) is 1.71. The summed E-state index contributed by atoms with van der Waals surface area (Å²) in [5.41, 5.74) is 1.01. The number of ether oxygens (including phenoxy) is 1. The number of ketones is 1. The van der Waals surface area contributed by atoms with E-state index in [1.54, 1.807) is 12.1 Å². The van der Waals surface area contributed by atoms with Crippen molar-refractivity contribution in [3.63, 3.8) is 0 Å². The van der Waals surface area contributed by atoms with Crippen molar-refractivity contribution >= 4 is 16.8 Å². The Balaban J connectivity index is 2.01. The Kier molecular flexibility index (Phi) is 2.45. The topological polar surface area (TPSA) is 59.7 Å². The molecule has 0 fully saturated rings. The Labute approximate surface area is 103 Å². The lowest BCUT2D eigenvalue weighted by Gasteiger charge is -2.08. The number of rotatable bonds is 2. The van der Waals surface area contributed by atoms with E-state index in [1.807, 2.05) is 13.0 Å². The van der Waals surface area contributed by atoms with Crippen LogP contribution in [0, 0.1) is 0 Å². The highest BCUT2D eigenvalue weighted by Gasteiger charge is 2.26. The molecule has 0 bridgehead atoms. The van der Waals surface area contributed by atoms with Crippen LogP contribution in [0.4, 0.5) is 0 Å². The van der Waals surface area contributed by atoms with E-state index in [0.29, 0.717) is 16.5 Å². The number of phenolic OH excluding ortho intramolecular Hbond substituents is 1. The van der Waals surface area contributed by atoms with E-state index in [4.69, 9.17) is 9.15 Å². The Hall–Kier alpha value is -2.07. The smallest absolute Gasteiger partial charge is 0.199 e. The molecular weight excluding hydrogens is 232 g/mol. The molecule has 92 valence electrons. The normalized spacial score (nSPS) is 22.7. The van der Waals surface area contributed by atoms with Gasteiger partial charge in [-0.05, 0) is 31.2 Å². The van der Waals surface area contributed by atoms with Crippen LogP contribution in [-0.2, 0) is 4.74 Å². The fourth-order valence-electron chi connectivity index (χ4n) is 2.09. The zero-order valence-electron chi connectivity index (χ0n) is 9.79. The molecule has 18 heavy (non-hydrogen) atoms. The summed E-state index contributed by atoms with van der Waals surface area (Å²) in [5, 5.41) is 10.1. The zero-order chi connectivity index (χ0) is 12.7. The monoisotopic (exact) mass is 244 g/mol. The van der Waals surface area contributed by atoms with Crippen LogP contribution >= 0.6 is 0 Å². The van der Waals surface area contributed by atoms with Gasteiger partial charge in [-0.15, -0.1) is 0 Å². The van der Waals surface area contributed by atoms with Crippen molar-refractivity contribution in [3.8, 4) is 5.75 Å². The maximum atomic E-state index is 12.3. The first-order valence-corrected chi connectivity index (χ1v) is 5.73. The Morgan fingerprint density at radius 2 is 2.17 bits per heavy atom. The highest BCUT2D eigenvalue weighted by molar-refractivity contribution is 6.10. The van der Waals surface area contributed by atoms with E-state index >= 15 is 0 Å². The summed E-state index contributed by atoms with van der Waals surface area (Å²) >= 11 is 0. The summed E-state index contributed by atoms with van der Waals surface area (Å²) in [6, 6.07) is 4.68. The van der Waals surface area contributed by atoms with Gasteiger partial charge in [-0.3, -0.25) is 4.79 Å². The van der Waals surface area contributed by atoms with Gasteiger partial charge in [0.25, 0.3) is 0 Å². The molecular formula is C14H12O4. The number of carbonyl (C=O) groups excluding carboxylic acids is 1. The Bertz CT molecular complexity index is 638.